The highest BCUT2D eigenvalue weighted by Gasteiger charge is 2.26. The van der Waals surface area contributed by atoms with E-state index >= 15 is 0 Å². The van der Waals surface area contributed by atoms with Crippen LogP contribution in [0.15, 0.2) is 24.3 Å². The summed E-state index contributed by atoms with van der Waals surface area (Å²) in [7, 11) is 0. The first-order chi connectivity index (χ1) is 14.8. The van der Waals surface area contributed by atoms with E-state index in [9.17, 15) is 19.1 Å². The van der Waals surface area contributed by atoms with Crippen LogP contribution < -0.4 is 0 Å². The fraction of sp³-hybridized carbons (Fsp3) is 0.545. The number of amides is 2. The van der Waals surface area contributed by atoms with Gasteiger partial charge in [-0.25, -0.2) is 4.39 Å². The summed E-state index contributed by atoms with van der Waals surface area (Å²) in [6, 6.07) is 5.11. The topological polar surface area (TPSA) is 64.1 Å². The van der Waals surface area contributed by atoms with Crippen LogP contribution in [-0.2, 0) is 9.59 Å². The standard InChI is InChI=1S/C22H28Cl2FN3O3/c23-19-3-1-16(13-20(19)24)2-4-21(30)27-10-7-22(31)28(12-11-27)15-18(29)14-26-8-5-17(25)6-9-26/h1-4,13,17-18,29H,5-12,14-15H2/b4-2+. The number of benzene rings is 1. The summed E-state index contributed by atoms with van der Waals surface area (Å²) in [5, 5.41) is 11.3. The molecule has 9 heteroatoms. The van der Waals surface area contributed by atoms with Crippen molar-refractivity contribution in [3.8, 4) is 0 Å². The molecule has 31 heavy (non-hydrogen) atoms. The Morgan fingerprint density at radius 3 is 2.58 bits per heavy atom. The summed E-state index contributed by atoms with van der Waals surface area (Å²) < 4.78 is 13.3. The second kappa shape index (κ2) is 11.3. The number of β-amino-alcohol motifs (C(OH)–C–C–N with tert-alkyl or cyclic N) is 1. The normalized spacial score (nSPS) is 20.3. The van der Waals surface area contributed by atoms with E-state index in [2.05, 4.69) is 0 Å². The predicted molar refractivity (Wildman–Crippen MR) is 120 cm³/mol. The Labute approximate surface area is 192 Å². The summed E-state index contributed by atoms with van der Waals surface area (Å²) in [4.78, 5) is 30.3. The van der Waals surface area contributed by atoms with E-state index in [1.807, 2.05) is 4.90 Å². The van der Waals surface area contributed by atoms with Crippen LogP contribution in [0.2, 0.25) is 10.0 Å². The molecule has 6 nitrogen and oxygen atoms in total. The average molecular weight is 472 g/mol. The van der Waals surface area contributed by atoms with Gasteiger partial charge in [-0.15, -0.1) is 0 Å². The molecule has 2 fully saturated rings. The number of nitrogens with zero attached hydrogens (tertiary/aromatic N) is 3. The number of aliphatic hydroxyl groups is 1. The van der Waals surface area contributed by atoms with Crippen molar-refractivity contribution in [2.75, 3.05) is 45.8 Å². The van der Waals surface area contributed by atoms with Crippen LogP contribution in [0.25, 0.3) is 6.08 Å². The van der Waals surface area contributed by atoms with Gasteiger partial charge in [0, 0.05) is 58.3 Å². The molecule has 1 N–H and O–H groups in total. The van der Waals surface area contributed by atoms with Crippen LogP contribution in [0, 0.1) is 0 Å². The van der Waals surface area contributed by atoms with E-state index in [1.165, 1.54) is 6.08 Å². The third kappa shape index (κ3) is 7.17. The minimum atomic E-state index is -0.755. The lowest BCUT2D eigenvalue weighted by Crippen LogP contribution is -2.45. The van der Waals surface area contributed by atoms with E-state index < -0.39 is 12.3 Å². The van der Waals surface area contributed by atoms with Crippen molar-refractivity contribution in [2.45, 2.75) is 31.5 Å². The van der Waals surface area contributed by atoms with Crippen molar-refractivity contribution in [1.82, 2.24) is 14.7 Å². The quantitative estimate of drug-likeness (QED) is 0.647. The minimum Gasteiger partial charge on any atom is -0.390 e. The molecular weight excluding hydrogens is 444 g/mol. The molecule has 2 amide bonds. The number of rotatable bonds is 6. The lowest BCUT2D eigenvalue weighted by atomic mass is 10.1. The van der Waals surface area contributed by atoms with E-state index in [0.717, 1.165) is 5.56 Å². The molecule has 0 bridgehead atoms. The highest BCUT2D eigenvalue weighted by Crippen LogP contribution is 2.23. The molecule has 2 saturated heterocycles. The molecule has 1 atom stereocenters. The van der Waals surface area contributed by atoms with Crippen molar-refractivity contribution in [1.29, 1.82) is 0 Å². The largest absolute Gasteiger partial charge is 0.390 e. The fourth-order valence-corrected chi connectivity index (χ4v) is 4.17. The van der Waals surface area contributed by atoms with Gasteiger partial charge in [0.2, 0.25) is 11.8 Å². The molecule has 0 saturated carbocycles. The van der Waals surface area contributed by atoms with Crippen LogP contribution in [0.3, 0.4) is 0 Å². The lowest BCUT2D eigenvalue weighted by molar-refractivity contribution is -0.131. The van der Waals surface area contributed by atoms with E-state index in [0.29, 0.717) is 62.2 Å². The molecular formula is C22H28Cl2FN3O3. The SMILES string of the molecule is O=C(/C=C/c1ccc(Cl)c(Cl)c1)N1CCC(=O)N(CC(O)CN2CCC(F)CC2)CC1. The number of piperidine rings is 1. The average Bonchev–Trinajstić information content (AvgIpc) is 2.92. The summed E-state index contributed by atoms with van der Waals surface area (Å²) >= 11 is 11.9. The maximum atomic E-state index is 13.3. The monoisotopic (exact) mass is 471 g/mol. The Morgan fingerprint density at radius 1 is 1.13 bits per heavy atom. The summed E-state index contributed by atoms with van der Waals surface area (Å²) in [6.07, 6.45) is 2.87. The second-order valence-corrected chi connectivity index (χ2v) is 8.87. The number of hydrogen-bond donors (Lipinski definition) is 1. The Bertz CT molecular complexity index is 815. The molecule has 2 aliphatic heterocycles. The Balaban J connectivity index is 1.49. The summed E-state index contributed by atoms with van der Waals surface area (Å²) in [6.45, 7) is 2.99. The van der Waals surface area contributed by atoms with Crippen molar-refractivity contribution < 1.29 is 19.1 Å². The molecule has 0 aromatic heterocycles. The first-order valence-electron chi connectivity index (χ1n) is 10.6. The third-order valence-electron chi connectivity index (χ3n) is 5.68. The first kappa shape index (κ1) is 24.0. The molecule has 0 spiro atoms. The molecule has 1 aromatic carbocycles. The smallest absolute Gasteiger partial charge is 0.246 e. The van der Waals surface area contributed by atoms with Gasteiger partial charge >= 0.3 is 0 Å². The van der Waals surface area contributed by atoms with Crippen LogP contribution in [0.1, 0.15) is 24.8 Å². The van der Waals surface area contributed by atoms with Gasteiger partial charge in [0.15, 0.2) is 0 Å². The Hall–Kier alpha value is -1.67. The number of likely N-dealkylation sites (tertiary alicyclic amines) is 1. The zero-order valence-electron chi connectivity index (χ0n) is 17.4. The van der Waals surface area contributed by atoms with Crippen molar-refractivity contribution in [3.63, 3.8) is 0 Å². The molecule has 0 radical (unpaired) electrons. The van der Waals surface area contributed by atoms with Gasteiger partial charge in [-0.3, -0.25) is 9.59 Å². The third-order valence-corrected chi connectivity index (χ3v) is 6.42. The zero-order valence-corrected chi connectivity index (χ0v) is 18.9. The minimum absolute atomic E-state index is 0.0784. The molecule has 0 aliphatic carbocycles. The van der Waals surface area contributed by atoms with E-state index in [-0.39, 0.29) is 24.8 Å². The Morgan fingerprint density at radius 2 is 1.87 bits per heavy atom. The van der Waals surface area contributed by atoms with Crippen molar-refractivity contribution >= 4 is 41.1 Å². The van der Waals surface area contributed by atoms with E-state index in [1.54, 1.807) is 34.1 Å². The van der Waals surface area contributed by atoms with Crippen molar-refractivity contribution in [3.05, 3.63) is 39.9 Å². The van der Waals surface area contributed by atoms with Gasteiger partial charge in [0.05, 0.1) is 16.1 Å². The molecule has 3 rings (SSSR count). The van der Waals surface area contributed by atoms with Gasteiger partial charge in [-0.2, -0.15) is 0 Å². The van der Waals surface area contributed by atoms with Gasteiger partial charge in [-0.05, 0) is 36.6 Å². The number of carbonyl (C=O) groups excluding carboxylic acids is 2. The molecule has 1 unspecified atom stereocenters. The first-order valence-corrected chi connectivity index (χ1v) is 11.3. The highest BCUT2D eigenvalue weighted by molar-refractivity contribution is 6.42. The number of carbonyl (C=O) groups is 2. The Kier molecular flexibility index (Phi) is 8.72. The van der Waals surface area contributed by atoms with Crippen LogP contribution in [-0.4, -0.2) is 89.7 Å². The van der Waals surface area contributed by atoms with Crippen LogP contribution >= 0.6 is 23.2 Å². The van der Waals surface area contributed by atoms with Crippen molar-refractivity contribution in [2.24, 2.45) is 0 Å². The molecule has 1 aromatic rings. The van der Waals surface area contributed by atoms with Gasteiger partial charge in [-0.1, -0.05) is 29.3 Å². The molecule has 2 aliphatic rings. The van der Waals surface area contributed by atoms with Gasteiger partial charge in [0.1, 0.15) is 6.17 Å². The number of aliphatic hydroxyl groups excluding tert-OH is 1. The maximum Gasteiger partial charge on any atom is 0.246 e. The molecule has 2 heterocycles. The lowest BCUT2D eigenvalue weighted by Gasteiger charge is -2.32. The van der Waals surface area contributed by atoms with Crippen LogP contribution in [0.4, 0.5) is 4.39 Å². The predicted octanol–water partition coefficient (Wildman–Crippen LogP) is 2.86. The van der Waals surface area contributed by atoms with Gasteiger partial charge < -0.3 is 19.8 Å². The van der Waals surface area contributed by atoms with Gasteiger partial charge in [0.25, 0.3) is 0 Å². The number of alkyl halides is 1. The van der Waals surface area contributed by atoms with E-state index in [4.69, 9.17) is 23.2 Å². The second-order valence-electron chi connectivity index (χ2n) is 8.05. The highest BCUT2D eigenvalue weighted by atomic mass is 35.5. The van der Waals surface area contributed by atoms with Crippen LogP contribution in [0.5, 0.6) is 0 Å². The maximum absolute atomic E-state index is 13.3. The number of halogens is 3. The summed E-state index contributed by atoms with van der Waals surface area (Å²) in [5.41, 5.74) is 0.759. The molecule has 170 valence electrons. The number of hydrogen-bond acceptors (Lipinski definition) is 4. The fourth-order valence-electron chi connectivity index (χ4n) is 3.86. The summed E-state index contributed by atoms with van der Waals surface area (Å²) in [5.74, 6) is -0.263. The zero-order chi connectivity index (χ0) is 22.4.